The molecule has 0 N–H and O–H groups in total. The zero-order valence-corrected chi connectivity index (χ0v) is 15.5. The van der Waals surface area contributed by atoms with Gasteiger partial charge in [-0.2, -0.15) is 0 Å². The zero-order chi connectivity index (χ0) is 18.2. The van der Waals surface area contributed by atoms with Crippen LogP contribution in [0, 0.1) is 0 Å². The van der Waals surface area contributed by atoms with E-state index in [1.165, 1.54) is 24.3 Å². The van der Waals surface area contributed by atoms with Crippen LogP contribution < -0.4 is 0 Å². The molecule has 0 aliphatic heterocycles. The van der Waals surface area contributed by atoms with Gasteiger partial charge in [-0.25, -0.2) is 8.42 Å². The van der Waals surface area contributed by atoms with E-state index in [4.69, 9.17) is 4.74 Å². The summed E-state index contributed by atoms with van der Waals surface area (Å²) >= 11 is -2.74. The van der Waals surface area contributed by atoms with Crippen molar-refractivity contribution in [3.05, 3.63) is 53.6 Å². The number of hydrogen-bond acceptors (Lipinski definition) is 6. The molecule has 8 heteroatoms. The van der Waals surface area contributed by atoms with Gasteiger partial charge in [-0.3, -0.25) is 4.21 Å². The van der Waals surface area contributed by atoms with Crippen molar-refractivity contribution in [3.63, 3.8) is 0 Å². The second-order valence-corrected chi connectivity index (χ2v) is 7.68. The second kappa shape index (κ2) is 9.73. The normalized spacial score (nSPS) is 15.4. The van der Waals surface area contributed by atoms with E-state index < -0.39 is 26.4 Å². The summed E-state index contributed by atoms with van der Waals surface area (Å²) in [6.07, 6.45) is 4.49. The van der Waals surface area contributed by atoms with Crippen molar-refractivity contribution >= 4 is 20.9 Å². The van der Waals surface area contributed by atoms with Crippen molar-refractivity contribution in [2.24, 2.45) is 0 Å². The first kappa shape index (κ1) is 20.6. The molecule has 0 aliphatic rings. The maximum Gasteiger partial charge on any atom is 0.206 e. The van der Waals surface area contributed by atoms with Gasteiger partial charge >= 0.3 is 0 Å². The summed E-state index contributed by atoms with van der Waals surface area (Å²) in [5, 5.41) is 0. The Morgan fingerprint density at radius 2 is 1.88 bits per heavy atom. The van der Waals surface area contributed by atoms with E-state index in [2.05, 4.69) is 0 Å². The van der Waals surface area contributed by atoms with Crippen LogP contribution in [0.5, 0.6) is 0 Å². The lowest BCUT2D eigenvalue weighted by atomic mass is 10.4. The third kappa shape index (κ3) is 5.27. The lowest BCUT2D eigenvalue weighted by molar-refractivity contribution is 0.191. The Kier molecular flexibility index (Phi) is 8.34. The number of rotatable bonds is 9. The average molecular weight is 372 g/mol. The highest BCUT2D eigenvalue weighted by Crippen LogP contribution is 2.24. The Balaban J connectivity index is 3.36. The summed E-state index contributed by atoms with van der Waals surface area (Å²) in [5.74, 6) is 0. The number of nitrogens with zero attached hydrogens (tertiary/aromatic N) is 1. The monoisotopic (exact) mass is 372 g/mol. The highest BCUT2D eigenvalue weighted by Gasteiger charge is 2.28. The first-order chi connectivity index (χ1) is 11.4. The molecule has 0 aliphatic carbocycles. The van der Waals surface area contributed by atoms with Gasteiger partial charge in [-0.1, -0.05) is 18.2 Å². The Labute approximate surface area is 146 Å². The molecule has 0 bridgehead atoms. The highest BCUT2D eigenvalue weighted by atomic mass is 32.2. The smallest absolute Gasteiger partial charge is 0.206 e. The van der Waals surface area contributed by atoms with Crippen molar-refractivity contribution in [2.45, 2.75) is 24.2 Å². The van der Waals surface area contributed by atoms with Gasteiger partial charge in [0.15, 0.2) is 5.44 Å². The van der Waals surface area contributed by atoms with E-state index in [1.807, 2.05) is 18.7 Å². The van der Waals surface area contributed by atoms with Crippen molar-refractivity contribution in [1.82, 2.24) is 4.90 Å². The molecule has 0 heterocycles. The molecule has 2 atom stereocenters. The number of methoxy groups -OCH3 is 1. The van der Waals surface area contributed by atoms with Crippen LogP contribution in [0.3, 0.4) is 0 Å². The summed E-state index contributed by atoms with van der Waals surface area (Å²) < 4.78 is 53.2. The molecule has 0 amide bonds. The van der Waals surface area contributed by atoms with Gasteiger partial charge in [0.2, 0.25) is 9.84 Å². The van der Waals surface area contributed by atoms with Gasteiger partial charge in [0.25, 0.3) is 0 Å². The van der Waals surface area contributed by atoms with E-state index in [1.54, 1.807) is 24.4 Å². The zero-order valence-electron chi connectivity index (χ0n) is 13.9. The standard InChI is InChI=1S/C16H23NO5S2/c1-4-17(5-2)13-9-12-15(16(22-3)23(18)19)24(20,21)14-10-7-6-8-11-14/h6-13,16H,4-5H2,1-3H3,(H,18,19)/p-1/b13-9+,15-12+. The van der Waals surface area contributed by atoms with Crippen molar-refractivity contribution < 1.29 is 21.9 Å². The van der Waals surface area contributed by atoms with Gasteiger partial charge in [-0.15, -0.1) is 0 Å². The van der Waals surface area contributed by atoms with Crippen molar-refractivity contribution in [2.75, 3.05) is 20.2 Å². The molecular formula is C16H22NO5S2-. The molecule has 0 spiro atoms. The Bertz CT molecular complexity index is 694. The lowest BCUT2D eigenvalue weighted by Gasteiger charge is -2.21. The summed E-state index contributed by atoms with van der Waals surface area (Å²) in [6.45, 7) is 5.43. The first-order valence-corrected chi connectivity index (χ1v) is 10.0. The van der Waals surface area contributed by atoms with E-state index in [9.17, 15) is 17.2 Å². The fourth-order valence-corrected chi connectivity index (χ4v) is 4.45. The number of ether oxygens (including phenoxy) is 1. The van der Waals surface area contributed by atoms with Gasteiger partial charge in [0, 0.05) is 20.2 Å². The predicted molar refractivity (Wildman–Crippen MR) is 93.5 cm³/mol. The van der Waals surface area contributed by atoms with Crippen LogP contribution in [-0.2, 0) is 25.7 Å². The molecule has 0 saturated heterocycles. The van der Waals surface area contributed by atoms with Gasteiger partial charge < -0.3 is 14.2 Å². The minimum atomic E-state index is -4.00. The number of benzene rings is 1. The highest BCUT2D eigenvalue weighted by molar-refractivity contribution is 7.96. The topological polar surface area (TPSA) is 86.7 Å². The average Bonchev–Trinajstić information content (AvgIpc) is 2.58. The largest absolute Gasteiger partial charge is 0.770 e. The molecule has 2 unspecified atom stereocenters. The third-order valence-corrected chi connectivity index (χ3v) is 6.16. The summed E-state index contributed by atoms with van der Waals surface area (Å²) in [6, 6.07) is 7.66. The van der Waals surface area contributed by atoms with Gasteiger partial charge in [0.1, 0.15) is 0 Å². The number of sulfone groups is 1. The van der Waals surface area contributed by atoms with E-state index >= 15 is 0 Å². The van der Waals surface area contributed by atoms with Gasteiger partial charge in [-0.05, 0) is 55.4 Å². The maximum atomic E-state index is 12.8. The Morgan fingerprint density at radius 3 is 2.33 bits per heavy atom. The number of hydrogen-bond donors (Lipinski definition) is 0. The third-order valence-electron chi connectivity index (χ3n) is 3.35. The molecule has 0 saturated carbocycles. The number of allylic oxidation sites excluding steroid dienone is 2. The molecule has 0 fully saturated rings. The van der Waals surface area contributed by atoms with E-state index in [0.717, 1.165) is 20.2 Å². The molecule has 1 rings (SSSR count). The molecular weight excluding hydrogens is 350 g/mol. The van der Waals surface area contributed by atoms with Crippen LogP contribution in [-0.4, -0.2) is 47.7 Å². The van der Waals surface area contributed by atoms with E-state index in [0.29, 0.717) is 0 Å². The molecule has 134 valence electrons. The molecule has 0 aromatic heterocycles. The summed E-state index contributed by atoms with van der Waals surface area (Å²) in [5.41, 5.74) is -1.57. The van der Waals surface area contributed by atoms with Crippen LogP contribution in [0.4, 0.5) is 0 Å². The molecule has 1 aromatic carbocycles. The quantitative estimate of drug-likeness (QED) is 0.487. The van der Waals surface area contributed by atoms with Crippen LogP contribution in [0.25, 0.3) is 0 Å². The fourth-order valence-electron chi connectivity index (χ4n) is 2.01. The molecule has 6 nitrogen and oxygen atoms in total. The predicted octanol–water partition coefficient (Wildman–Crippen LogP) is 2.05. The van der Waals surface area contributed by atoms with Crippen molar-refractivity contribution in [1.29, 1.82) is 0 Å². The SMILES string of the molecule is CCN(/C=C/C=C(\C(OC)S(=O)[O-])S(=O)(=O)c1ccccc1)CC. The lowest BCUT2D eigenvalue weighted by Crippen LogP contribution is -2.25. The fraction of sp³-hybridized carbons (Fsp3) is 0.375. The minimum absolute atomic E-state index is 0.0139. The minimum Gasteiger partial charge on any atom is -0.770 e. The summed E-state index contributed by atoms with van der Waals surface area (Å²) in [4.78, 5) is 1.63. The second-order valence-electron chi connectivity index (χ2n) is 4.78. The Hall–Kier alpha value is -1.48. The van der Waals surface area contributed by atoms with Crippen LogP contribution >= 0.6 is 0 Å². The Morgan fingerprint density at radius 1 is 1.29 bits per heavy atom. The molecule has 1 aromatic rings. The van der Waals surface area contributed by atoms with Gasteiger partial charge in [0.05, 0.1) is 9.80 Å². The van der Waals surface area contributed by atoms with Crippen molar-refractivity contribution in [3.8, 4) is 0 Å². The summed E-state index contributed by atoms with van der Waals surface area (Å²) in [7, 11) is -2.84. The molecule has 0 radical (unpaired) electrons. The van der Waals surface area contributed by atoms with Crippen LogP contribution in [0.15, 0.2) is 58.5 Å². The molecule has 24 heavy (non-hydrogen) atoms. The first-order valence-electron chi connectivity index (χ1n) is 7.41. The van der Waals surface area contributed by atoms with Crippen LogP contribution in [0.2, 0.25) is 0 Å². The van der Waals surface area contributed by atoms with E-state index in [-0.39, 0.29) is 9.80 Å². The van der Waals surface area contributed by atoms with Crippen LogP contribution in [0.1, 0.15) is 13.8 Å². The maximum absolute atomic E-state index is 12.8.